The highest BCUT2D eigenvalue weighted by molar-refractivity contribution is 7.98. The van der Waals surface area contributed by atoms with E-state index in [9.17, 15) is 9.59 Å². The second kappa shape index (κ2) is 19.1. The minimum absolute atomic E-state index is 0.182. The van der Waals surface area contributed by atoms with E-state index in [0.29, 0.717) is 13.0 Å². The van der Waals surface area contributed by atoms with Crippen LogP contribution in [0.3, 0.4) is 0 Å². The van der Waals surface area contributed by atoms with Crippen molar-refractivity contribution in [3.8, 4) is 0 Å². The van der Waals surface area contributed by atoms with E-state index in [0.717, 1.165) is 18.6 Å². The van der Waals surface area contributed by atoms with Crippen LogP contribution in [-0.4, -0.2) is 36.5 Å². The van der Waals surface area contributed by atoms with Gasteiger partial charge in [-0.2, -0.15) is 11.8 Å². The quantitative estimate of drug-likeness (QED) is 0.250. The van der Waals surface area contributed by atoms with Crippen LogP contribution in [0, 0.1) is 0 Å². The fraction of sp³-hybridized carbons (Fsp3) is 0.905. The molecule has 0 saturated heterocycles. The van der Waals surface area contributed by atoms with E-state index in [-0.39, 0.29) is 11.9 Å². The molecule has 0 bridgehead atoms. The average Bonchev–Trinajstić information content (AvgIpc) is 2.62. The number of rotatable bonds is 18. The molecule has 0 heterocycles. The predicted molar refractivity (Wildman–Crippen MR) is 113 cm³/mol. The van der Waals surface area contributed by atoms with Gasteiger partial charge in [0.05, 0.1) is 6.61 Å². The van der Waals surface area contributed by atoms with Crippen LogP contribution in [0.5, 0.6) is 0 Å². The normalized spacial score (nSPS) is 12.0. The number of hydrogen-bond acceptors (Lipinski definition) is 4. The molecule has 1 unspecified atom stereocenters. The fourth-order valence-electron chi connectivity index (χ4n) is 2.95. The van der Waals surface area contributed by atoms with Gasteiger partial charge in [-0.3, -0.25) is 4.79 Å². The maximum Gasteiger partial charge on any atom is 0.328 e. The molecule has 0 aromatic carbocycles. The van der Waals surface area contributed by atoms with Gasteiger partial charge >= 0.3 is 5.97 Å². The van der Waals surface area contributed by atoms with E-state index in [2.05, 4.69) is 12.2 Å². The van der Waals surface area contributed by atoms with Gasteiger partial charge in [-0.1, -0.05) is 77.6 Å². The second-order valence-electron chi connectivity index (χ2n) is 7.09. The summed E-state index contributed by atoms with van der Waals surface area (Å²) in [5.74, 6) is 0.356. The molecule has 0 saturated carbocycles. The first kappa shape index (κ1) is 25.3. The van der Waals surface area contributed by atoms with Gasteiger partial charge in [-0.25, -0.2) is 4.79 Å². The molecule has 0 aliphatic carbocycles. The molecule has 4 nitrogen and oxygen atoms in total. The van der Waals surface area contributed by atoms with E-state index in [4.69, 9.17) is 4.74 Å². The molecule has 0 aliphatic rings. The molecule has 1 amide bonds. The lowest BCUT2D eigenvalue weighted by Crippen LogP contribution is -2.41. The Labute approximate surface area is 165 Å². The van der Waals surface area contributed by atoms with Gasteiger partial charge in [0, 0.05) is 6.92 Å². The van der Waals surface area contributed by atoms with Crippen LogP contribution >= 0.6 is 11.8 Å². The molecule has 0 aliphatic heterocycles. The summed E-state index contributed by atoms with van der Waals surface area (Å²) in [7, 11) is 0. The van der Waals surface area contributed by atoms with Crippen LogP contribution in [0.15, 0.2) is 0 Å². The topological polar surface area (TPSA) is 55.4 Å². The molecule has 26 heavy (non-hydrogen) atoms. The van der Waals surface area contributed by atoms with E-state index < -0.39 is 6.04 Å². The Kier molecular flexibility index (Phi) is 18.5. The molecule has 1 atom stereocenters. The summed E-state index contributed by atoms with van der Waals surface area (Å²) in [6, 6.07) is -0.503. The average molecular weight is 388 g/mol. The minimum atomic E-state index is -0.503. The van der Waals surface area contributed by atoms with E-state index in [1.807, 2.05) is 6.26 Å². The van der Waals surface area contributed by atoms with Crippen molar-refractivity contribution >= 4 is 23.6 Å². The molecule has 0 spiro atoms. The zero-order valence-corrected chi connectivity index (χ0v) is 18.1. The fourth-order valence-corrected chi connectivity index (χ4v) is 3.42. The van der Waals surface area contributed by atoms with Gasteiger partial charge in [0.2, 0.25) is 5.91 Å². The number of thioether (sulfide) groups is 1. The summed E-state index contributed by atoms with van der Waals surface area (Å²) < 4.78 is 5.33. The van der Waals surface area contributed by atoms with Crippen molar-refractivity contribution in [1.29, 1.82) is 0 Å². The third-order valence-electron chi connectivity index (χ3n) is 4.51. The Bertz CT molecular complexity index is 350. The first-order valence-electron chi connectivity index (χ1n) is 10.5. The monoisotopic (exact) mass is 387 g/mol. The van der Waals surface area contributed by atoms with Crippen molar-refractivity contribution in [2.45, 2.75) is 103 Å². The number of esters is 1. The number of amides is 1. The molecule has 154 valence electrons. The molecule has 0 fully saturated rings. The minimum Gasteiger partial charge on any atom is -0.464 e. The summed E-state index contributed by atoms with van der Waals surface area (Å²) in [4.78, 5) is 23.2. The third kappa shape index (κ3) is 16.7. The lowest BCUT2D eigenvalue weighted by atomic mass is 10.1. The zero-order valence-electron chi connectivity index (χ0n) is 17.3. The van der Waals surface area contributed by atoms with Crippen molar-refractivity contribution < 1.29 is 14.3 Å². The van der Waals surface area contributed by atoms with E-state index in [1.54, 1.807) is 11.8 Å². The molecule has 0 aromatic rings. The van der Waals surface area contributed by atoms with E-state index in [1.165, 1.54) is 71.1 Å². The number of unbranched alkanes of at least 4 members (excludes halogenated alkanes) is 11. The zero-order chi connectivity index (χ0) is 19.5. The largest absolute Gasteiger partial charge is 0.464 e. The summed E-state index contributed by atoms with van der Waals surface area (Å²) in [5.41, 5.74) is 0. The Morgan fingerprint density at radius 1 is 0.885 bits per heavy atom. The van der Waals surface area contributed by atoms with Gasteiger partial charge in [0.25, 0.3) is 0 Å². The molecule has 0 rings (SSSR count). The third-order valence-corrected chi connectivity index (χ3v) is 5.16. The van der Waals surface area contributed by atoms with Gasteiger partial charge < -0.3 is 10.1 Å². The van der Waals surface area contributed by atoms with Crippen molar-refractivity contribution in [1.82, 2.24) is 5.32 Å². The highest BCUT2D eigenvalue weighted by Crippen LogP contribution is 2.12. The summed E-state index contributed by atoms with van der Waals surface area (Å²) in [5, 5.41) is 2.68. The predicted octanol–water partition coefficient (Wildman–Crippen LogP) is 5.49. The Balaban J connectivity index is 3.51. The Morgan fingerprint density at radius 2 is 1.38 bits per heavy atom. The van der Waals surface area contributed by atoms with Gasteiger partial charge in [-0.15, -0.1) is 0 Å². The van der Waals surface area contributed by atoms with Crippen LogP contribution < -0.4 is 5.32 Å². The van der Waals surface area contributed by atoms with Gasteiger partial charge in [-0.05, 0) is 24.9 Å². The molecular formula is C21H41NO3S. The number of hydrogen-bond donors (Lipinski definition) is 1. The van der Waals surface area contributed by atoms with Crippen molar-refractivity contribution in [3.05, 3.63) is 0 Å². The number of nitrogens with one attached hydrogen (secondary N) is 1. The SMILES string of the molecule is CCCCCCCCCCCCCCOC(=O)C(CCSC)NC(C)=O. The number of carbonyl (C=O) groups is 2. The Hall–Kier alpha value is -0.710. The Morgan fingerprint density at radius 3 is 1.85 bits per heavy atom. The standard InChI is InChI=1S/C21H41NO3S/c1-4-5-6-7-8-9-10-11-12-13-14-15-17-25-21(24)20(16-18-26-3)22-19(2)23/h20H,4-18H2,1-3H3,(H,22,23). The molecule has 0 aromatic heterocycles. The smallest absolute Gasteiger partial charge is 0.328 e. The van der Waals surface area contributed by atoms with Gasteiger partial charge in [0.15, 0.2) is 0 Å². The van der Waals surface area contributed by atoms with Crippen LogP contribution in [0.4, 0.5) is 0 Å². The molecule has 5 heteroatoms. The first-order valence-corrected chi connectivity index (χ1v) is 11.9. The van der Waals surface area contributed by atoms with Crippen molar-refractivity contribution in [2.24, 2.45) is 0 Å². The first-order chi connectivity index (χ1) is 12.6. The number of carbonyl (C=O) groups excluding carboxylic acids is 2. The van der Waals surface area contributed by atoms with Gasteiger partial charge in [0.1, 0.15) is 6.04 Å². The lowest BCUT2D eigenvalue weighted by Gasteiger charge is -2.16. The van der Waals surface area contributed by atoms with Crippen LogP contribution in [0.2, 0.25) is 0 Å². The summed E-state index contributed by atoms with van der Waals surface area (Å²) in [6.07, 6.45) is 18.1. The number of ether oxygens (including phenoxy) is 1. The maximum absolute atomic E-state index is 12.0. The van der Waals surface area contributed by atoms with Crippen LogP contribution in [-0.2, 0) is 14.3 Å². The molecule has 1 N–H and O–H groups in total. The highest BCUT2D eigenvalue weighted by atomic mass is 32.2. The van der Waals surface area contributed by atoms with Crippen LogP contribution in [0.1, 0.15) is 97.3 Å². The summed E-state index contributed by atoms with van der Waals surface area (Å²) in [6.45, 7) is 4.16. The lowest BCUT2D eigenvalue weighted by molar-refractivity contribution is -0.147. The highest BCUT2D eigenvalue weighted by Gasteiger charge is 2.20. The van der Waals surface area contributed by atoms with Crippen LogP contribution in [0.25, 0.3) is 0 Å². The van der Waals surface area contributed by atoms with E-state index >= 15 is 0 Å². The molecule has 0 radical (unpaired) electrons. The maximum atomic E-state index is 12.0. The van der Waals surface area contributed by atoms with Crippen molar-refractivity contribution in [2.75, 3.05) is 18.6 Å². The molecular weight excluding hydrogens is 346 g/mol. The summed E-state index contributed by atoms with van der Waals surface area (Å²) >= 11 is 1.66. The van der Waals surface area contributed by atoms with Crippen molar-refractivity contribution in [3.63, 3.8) is 0 Å². The second-order valence-corrected chi connectivity index (χ2v) is 8.08.